The second-order valence-corrected chi connectivity index (χ2v) is 8.08. The smallest absolute Gasteiger partial charge is 0.0639 e. The summed E-state index contributed by atoms with van der Waals surface area (Å²) in [4.78, 5) is 0. The zero-order valence-corrected chi connectivity index (χ0v) is 14.0. The molecule has 0 aliphatic heterocycles. The van der Waals surface area contributed by atoms with Gasteiger partial charge in [-0.05, 0) is 67.9 Å². The van der Waals surface area contributed by atoms with Gasteiger partial charge in [-0.3, -0.25) is 0 Å². The first-order chi connectivity index (χ1) is 10.1. The highest BCUT2D eigenvalue weighted by Gasteiger charge is 2.53. The summed E-state index contributed by atoms with van der Waals surface area (Å²) in [5.74, 6) is 3.95. The molecule has 3 aliphatic carbocycles. The highest BCUT2D eigenvalue weighted by atomic mass is 35.5. The lowest BCUT2D eigenvalue weighted by atomic mass is 9.79. The molecule has 0 saturated heterocycles. The van der Waals surface area contributed by atoms with E-state index in [0.29, 0.717) is 16.1 Å². The van der Waals surface area contributed by atoms with Gasteiger partial charge in [0.05, 0.1) is 10.0 Å². The van der Waals surface area contributed by atoms with E-state index in [-0.39, 0.29) is 6.04 Å². The van der Waals surface area contributed by atoms with E-state index in [2.05, 4.69) is 18.3 Å². The molecule has 3 aliphatic rings. The van der Waals surface area contributed by atoms with Crippen molar-refractivity contribution in [2.24, 2.45) is 23.7 Å². The van der Waals surface area contributed by atoms with Crippen molar-refractivity contribution in [3.63, 3.8) is 0 Å². The van der Waals surface area contributed by atoms with Crippen molar-refractivity contribution in [2.75, 3.05) is 0 Å². The standard InChI is InChI=1S/C18H23Cl2N/c1-10(12-4-3-7-16(19)18(12)20)21-17-9-11-8-15(17)14-6-2-5-13(11)14/h3-4,7,10-11,13-15,17,21H,2,5-6,8-9H2,1H3. The summed E-state index contributed by atoms with van der Waals surface area (Å²) < 4.78 is 0. The number of fused-ring (bicyclic) bond motifs is 5. The fraction of sp³-hybridized carbons (Fsp3) is 0.667. The Labute approximate surface area is 137 Å². The molecular weight excluding hydrogens is 301 g/mol. The minimum atomic E-state index is 0.278. The topological polar surface area (TPSA) is 12.0 Å². The maximum atomic E-state index is 6.37. The van der Waals surface area contributed by atoms with Crippen LogP contribution in [-0.2, 0) is 0 Å². The van der Waals surface area contributed by atoms with E-state index in [9.17, 15) is 0 Å². The molecule has 0 aromatic heterocycles. The lowest BCUT2D eigenvalue weighted by Crippen LogP contribution is -2.40. The summed E-state index contributed by atoms with van der Waals surface area (Å²) in [6, 6.07) is 6.91. The molecule has 2 bridgehead atoms. The predicted octanol–water partition coefficient (Wildman–Crippen LogP) is 5.47. The average molecular weight is 324 g/mol. The molecule has 21 heavy (non-hydrogen) atoms. The lowest BCUT2D eigenvalue weighted by molar-refractivity contribution is 0.200. The Bertz CT molecular complexity index is 544. The Morgan fingerprint density at radius 2 is 1.90 bits per heavy atom. The van der Waals surface area contributed by atoms with Gasteiger partial charge in [0.25, 0.3) is 0 Å². The minimum absolute atomic E-state index is 0.278. The fourth-order valence-corrected chi connectivity index (χ4v) is 6.00. The number of hydrogen-bond acceptors (Lipinski definition) is 1. The van der Waals surface area contributed by atoms with Gasteiger partial charge in [-0.1, -0.05) is 41.8 Å². The molecule has 1 aromatic rings. The molecule has 114 valence electrons. The zero-order chi connectivity index (χ0) is 14.6. The highest BCUT2D eigenvalue weighted by molar-refractivity contribution is 6.42. The number of nitrogens with one attached hydrogen (secondary N) is 1. The maximum absolute atomic E-state index is 6.37. The van der Waals surface area contributed by atoms with Crippen LogP contribution in [0.1, 0.15) is 50.6 Å². The van der Waals surface area contributed by atoms with Crippen molar-refractivity contribution in [1.82, 2.24) is 5.32 Å². The third-order valence-corrected chi connectivity index (χ3v) is 7.17. The van der Waals surface area contributed by atoms with E-state index in [1.54, 1.807) is 0 Å². The van der Waals surface area contributed by atoms with Crippen LogP contribution in [0, 0.1) is 23.7 Å². The summed E-state index contributed by atoms with van der Waals surface area (Å²) in [7, 11) is 0. The molecule has 6 atom stereocenters. The molecular formula is C18H23Cl2N. The van der Waals surface area contributed by atoms with Gasteiger partial charge in [0.1, 0.15) is 0 Å². The zero-order valence-electron chi connectivity index (χ0n) is 12.5. The van der Waals surface area contributed by atoms with Gasteiger partial charge >= 0.3 is 0 Å². The van der Waals surface area contributed by atoms with Crippen LogP contribution in [-0.4, -0.2) is 6.04 Å². The second kappa shape index (κ2) is 5.44. The molecule has 3 fully saturated rings. The summed E-state index contributed by atoms with van der Waals surface area (Å²) in [5, 5.41) is 5.23. The number of benzene rings is 1. The van der Waals surface area contributed by atoms with Crippen LogP contribution in [0.4, 0.5) is 0 Å². The van der Waals surface area contributed by atoms with Crippen molar-refractivity contribution < 1.29 is 0 Å². The molecule has 0 heterocycles. The van der Waals surface area contributed by atoms with E-state index in [0.717, 1.165) is 29.2 Å². The van der Waals surface area contributed by atoms with Gasteiger partial charge in [0, 0.05) is 12.1 Å². The first-order valence-electron chi connectivity index (χ1n) is 8.35. The van der Waals surface area contributed by atoms with E-state index >= 15 is 0 Å². The van der Waals surface area contributed by atoms with E-state index < -0.39 is 0 Å². The van der Waals surface area contributed by atoms with Gasteiger partial charge in [0.2, 0.25) is 0 Å². The summed E-state index contributed by atoms with van der Waals surface area (Å²) in [6.45, 7) is 2.22. The van der Waals surface area contributed by atoms with Crippen LogP contribution in [0.15, 0.2) is 18.2 Å². The van der Waals surface area contributed by atoms with Gasteiger partial charge in [-0.25, -0.2) is 0 Å². The first kappa shape index (κ1) is 14.4. The Hall–Kier alpha value is -0.240. The Balaban J connectivity index is 1.48. The molecule has 3 heteroatoms. The van der Waals surface area contributed by atoms with E-state index in [1.807, 2.05) is 12.1 Å². The van der Waals surface area contributed by atoms with Crippen molar-refractivity contribution in [1.29, 1.82) is 0 Å². The maximum Gasteiger partial charge on any atom is 0.0639 e. The van der Waals surface area contributed by atoms with Crippen LogP contribution >= 0.6 is 23.2 Å². The van der Waals surface area contributed by atoms with Crippen molar-refractivity contribution in [2.45, 2.75) is 51.1 Å². The van der Waals surface area contributed by atoms with Gasteiger partial charge in [-0.15, -0.1) is 0 Å². The van der Waals surface area contributed by atoms with Gasteiger partial charge in [-0.2, -0.15) is 0 Å². The first-order valence-corrected chi connectivity index (χ1v) is 9.10. The summed E-state index contributed by atoms with van der Waals surface area (Å²) in [5.41, 5.74) is 1.13. The van der Waals surface area contributed by atoms with E-state index in [4.69, 9.17) is 23.2 Å². The third-order valence-electron chi connectivity index (χ3n) is 6.34. The monoisotopic (exact) mass is 323 g/mol. The molecule has 1 nitrogen and oxygen atoms in total. The third kappa shape index (κ3) is 2.33. The normalized spacial score (nSPS) is 38.7. The molecule has 0 radical (unpaired) electrons. The Kier molecular flexibility index (Phi) is 3.72. The molecule has 0 spiro atoms. The lowest BCUT2D eigenvalue weighted by Gasteiger charge is -2.34. The van der Waals surface area contributed by atoms with Gasteiger partial charge in [0.15, 0.2) is 0 Å². The summed E-state index contributed by atoms with van der Waals surface area (Å²) in [6.07, 6.45) is 7.26. The fourth-order valence-electron chi connectivity index (χ4n) is 5.53. The molecule has 0 amide bonds. The van der Waals surface area contributed by atoms with Crippen LogP contribution in [0.25, 0.3) is 0 Å². The molecule has 1 N–H and O–H groups in total. The Morgan fingerprint density at radius 3 is 2.76 bits per heavy atom. The van der Waals surface area contributed by atoms with Crippen molar-refractivity contribution in [3.8, 4) is 0 Å². The number of rotatable bonds is 3. The van der Waals surface area contributed by atoms with Crippen LogP contribution in [0.3, 0.4) is 0 Å². The minimum Gasteiger partial charge on any atom is -0.307 e. The largest absolute Gasteiger partial charge is 0.307 e. The van der Waals surface area contributed by atoms with Crippen LogP contribution in [0.2, 0.25) is 10.0 Å². The second-order valence-electron chi connectivity index (χ2n) is 7.29. The number of hydrogen-bond donors (Lipinski definition) is 1. The molecule has 1 aromatic carbocycles. The predicted molar refractivity (Wildman–Crippen MR) is 88.8 cm³/mol. The Morgan fingerprint density at radius 1 is 1.10 bits per heavy atom. The van der Waals surface area contributed by atoms with Crippen LogP contribution < -0.4 is 5.32 Å². The van der Waals surface area contributed by atoms with Crippen molar-refractivity contribution in [3.05, 3.63) is 33.8 Å². The van der Waals surface area contributed by atoms with Crippen molar-refractivity contribution >= 4 is 23.2 Å². The molecule has 3 saturated carbocycles. The highest BCUT2D eigenvalue weighted by Crippen LogP contribution is 2.58. The molecule has 4 rings (SSSR count). The van der Waals surface area contributed by atoms with E-state index in [1.165, 1.54) is 32.1 Å². The SMILES string of the molecule is CC(NC1CC2CC1C1CCCC21)c1cccc(Cl)c1Cl. The van der Waals surface area contributed by atoms with Crippen LogP contribution in [0.5, 0.6) is 0 Å². The van der Waals surface area contributed by atoms with Gasteiger partial charge < -0.3 is 5.32 Å². The summed E-state index contributed by atoms with van der Waals surface area (Å²) >= 11 is 12.5. The quantitative estimate of drug-likeness (QED) is 0.777. The average Bonchev–Trinajstić information content (AvgIpc) is 3.13. The molecule has 6 unspecified atom stereocenters. The number of halogens is 2.